The van der Waals surface area contributed by atoms with Gasteiger partial charge in [-0.25, -0.2) is 10.1 Å². The highest BCUT2D eigenvalue weighted by atomic mass is 16.6. The molecule has 0 radical (unpaired) electrons. The molecule has 3 rings (SSSR count). The SMILES string of the molecule is CCN(CC)Cc1c(C(=O)N/N=C\c2ccco2)nnn1-c1nonc1N. The third-order valence-electron chi connectivity index (χ3n) is 3.84. The number of hydrogen-bond acceptors (Lipinski definition) is 10. The molecule has 3 heterocycles. The molecule has 0 spiro atoms. The maximum atomic E-state index is 12.5. The first-order valence-corrected chi connectivity index (χ1v) is 8.26. The Kier molecular flexibility index (Phi) is 5.56. The summed E-state index contributed by atoms with van der Waals surface area (Å²) in [5.74, 6) is 0.191. The van der Waals surface area contributed by atoms with Gasteiger partial charge in [0.1, 0.15) is 5.76 Å². The topological polar surface area (TPSA) is 153 Å². The number of anilines is 1. The molecule has 0 unspecified atom stereocenters. The van der Waals surface area contributed by atoms with Crippen LogP contribution in [0.1, 0.15) is 35.8 Å². The van der Waals surface area contributed by atoms with Gasteiger partial charge in [0.2, 0.25) is 11.6 Å². The van der Waals surface area contributed by atoms with Gasteiger partial charge in [-0.15, -0.1) is 5.10 Å². The number of nitrogen functional groups attached to an aromatic ring is 1. The zero-order valence-corrected chi connectivity index (χ0v) is 14.9. The molecule has 0 atom stereocenters. The van der Waals surface area contributed by atoms with Crippen LogP contribution in [-0.2, 0) is 6.54 Å². The fourth-order valence-corrected chi connectivity index (χ4v) is 2.36. The summed E-state index contributed by atoms with van der Waals surface area (Å²) < 4.78 is 11.1. The minimum atomic E-state index is -0.527. The first-order chi connectivity index (χ1) is 13.1. The van der Waals surface area contributed by atoms with Crippen LogP contribution in [0, 0.1) is 0 Å². The van der Waals surface area contributed by atoms with Crippen molar-refractivity contribution in [1.82, 2.24) is 35.6 Å². The number of furan rings is 1. The fraction of sp³-hybridized carbons (Fsp3) is 0.333. The normalized spacial score (nSPS) is 11.5. The number of rotatable bonds is 8. The van der Waals surface area contributed by atoms with Crippen molar-refractivity contribution in [2.75, 3.05) is 18.8 Å². The first kappa shape index (κ1) is 18.3. The predicted octanol–water partition coefficient (Wildman–Crippen LogP) is 0.431. The lowest BCUT2D eigenvalue weighted by molar-refractivity contribution is 0.0948. The summed E-state index contributed by atoms with van der Waals surface area (Å²) in [7, 11) is 0. The molecule has 27 heavy (non-hydrogen) atoms. The molecule has 142 valence electrons. The second-order valence-electron chi connectivity index (χ2n) is 5.45. The van der Waals surface area contributed by atoms with E-state index in [4.69, 9.17) is 10.2 Å². The van der Waals surface area contributed by atoms with Crippen LogP contribution in [0.25, 0.3) is 5.82 Å². The van der Waals surface area contributed by atoms with E-state index < -0.39 is 5.91 Å². The third kappa shape index (κ3) is 4.00. The number of nitrogens with zero attached hydrogens (tertiary/aromatic N) is 7. The van der Waals surface area contributed by atoms with E-state index in [1.807, 2.05) is 13.8 Å². The van der Waals surface area contributed by atoms with Crippen LogP contribution in [0.15, 0.2) is 32.5 Å². The van der Waals surface area contributed by atoms with Gasteiger partial charge in [-0.1, -0.05) is 19.1 Å². The number of hydrogen-bond donors (Lipinski definition) is 2. The Morgan fingerprint density at radius 1 is 1.41 bits per heavy atom. The first-order valence-electron chi connectivity index (χ1n) is 8.26. The van der Waals surface area contributed by atoms with E-state index >= 15 is 0 Å². The number of carbonyl (C=O) groups excluding carboxylic acids is 1. The predicted molar refractivity (Wildman–Crippen MR) is 94.0 cm³/mol. The largest absolute Gasteiger partial charge is 0.463 e. The standard InChI is InChI=1S/C15H19N9O3/c1-3-23(4-2)9-11-12(15(25)19-17-8-10-6-5-7-26-10)18-22-24(11)14-13(16)20-27-21-14/h5-8H,3-4,9H2,1-2H3,(H2,16,20)(H,19,25)/b17-8-. The maximum absolute atomic E-state index is 12.5. The zero-order chi connectivity index (χ0) is 19.2. The van der Waals surface area contributed by atoms with Crippen molar-refractivity contribution >= 4 is 17.9 Å². The van der Waals surface area contributed by atoms with Crippen LogP contribution >= 0.6 is 0 Å². The number of nitrogens with two attached hydrogens (primary N) is 1. The van der Waals surface area contributed by atoms with E-state index in [1.54, 1.807) is 12.1 Å². The van der Waals surface area contributed by atoms with Crippen molar-refractivity contribution in [2.24, 2.45) is 5.10 Å². The number of nitrogens with one attached hydrogen (secondary N) is 1. The molecule has 0 aliphatic heterocycles. The number of amides is 1. The van der Waals surface area contributed by atoms with Crippen LogP contribution in [0.5, 0.6) is 0 Å². The number of hydrazone groups is 1. The van der Waals surface area contributed by atoms with Crippen molar-refractivity contribution in [3.05, 3.63) is 35.5 Å². The Bertz CT molecular complexity index is 909. The quantitative estimate of drug-likeness (QED) is 0.422. The number of aromatic nitrogens is 5. The highest BCUT2D eigenvalue weighted by Gasteiger charge is 2.24. The highest BCUT2D eigenvalue weighted by Crippen LogP contribution is 2.17. The van der Waals surface area contributed by atoms with Crippen LogP contribution < -0.4 is 11.2 Å². The Morgan fingerprint density at radius 3 is 2.85 bits per heavy atom. The molecule has 0 bridgehead atoms. The fourth-order valence-electron chi connectivity index (χ4n) is 2.36. The van der Waals surface area contributed by atoms with Gasteiger partial charge in [0.05, 0.1) is 18.2 Å². The molecule has 0 aliphatic rings. The molecule has 0 aliphatic carbocycles. The molecule has 0 aromatic carbocycles. The van der Waals surface area contributed by atoms with E-state index in [0.29, 0.717) is 18.0 Å². The molecule has 3 N–H and O–H groups in total. The van der Waals surface area contributed by atoms with Crippen molar-refractivity contribution in [3.8, 4) is 5.82 Å². The Balaban J connectivity index is 1.88. The lowest BCUT2D eigenvalue weighted by Gasteiger charge is -2.18. The van der Waals surface area contributed by atoms with Crippen molar-refractivity contribution in [3.63, 3.8) is 0 Å². The maximum Gasteiger partial charge on any atom is 0.293 e. The van der Waals surface area contributed by atoms with Crippen molar-refractivity contribution < 1.29 is 13.8 Å². The summed E-state index contributed by atoms with van der Waals surface area (Å²) in [6, 6.07) is 3.42. The van der Waals surface area contributed by atoms with Gasteiger partial charge in [0.25, 0.3) is 5.91 Å². The van der Waals surface area contributed by atoms with Gasteiger partial charge in [-0.05, 0) is 35.5 Å². The molecule has 12 nitrogen and oxygen atoms in total. The second-order valence-corrected chi connectivity index (χ2v) is 5.45. The van der Waals surface area contributed by atoms with Gasteiger partial charge in [-0.2, -0.15) is 9.78 Å². The summed E-state index contributed by atoms with van der Waals surface area (Å²) in [4.78, 5) is 14.6. The van der Waals surface area contributed by atoms with E-state index in [1.165, 1.54) is 17.2 Å². The van der Waals surface area contributed by atoms with Crippen molar-refractivity contribution in [1.29, 1.82) is 0 Å². The lowest BCUT2D eigenvalue weighted by Crippen LogP contribution is -2.27. The number of carbonyl (C=O) groups is 1. The van der Waals surface area contributed by atoms with Gasteiger partial charge >= 0.3 is 0 Å². The van der Waals surface area contributed by atoms with E-state index in [9.17, 15) is 4.79 Å². The van der Waals surface area contributed by atoms with Crippen LogP contribution in [-0.4, -0.2) is 55.4 Å². The molecule has 1 amide bonds. The van der Waals surface area contributed by atoms with E-state index in [2.05, 4.69) is 40.7 Å². The van der Waals surface area contributed by atoms with Gasteiger partial charge in [0, 0.05) is 6.54 Å². The minimum absolute atomic E-state index is 0.0449. The van der Waals surface area contributed by atoms with E-state index in [-0.39, 0.29) is 17.3 Å². The molecule has 0 saturated carbocycles. The lowest BCUT2D eigenvalue weighted by atomic mass is 10.2. The van der Waals surface area contributed by atoms with Crippen molar-refractivity contribution in [2.45, 2.75) is 20.4 Å². The Hall–Kier alpha value is -3.54. The molecular weight excluding hydrogens is 354 g/mol. The molecule has 0 fully saturated rings. The average molecular weight is 373 g/mol. The summed E-state index contributed by atoms with van der Waals surface area (Å²) >= 11 is 0. The summed E-state index contributed by atoms with van der Waals surface area (Å²) in [6.45, 7) is 5.96. The monoisotopic (exact) mass is 373 g/mol. The molecule has 3 aromatic rings. The Labute approximate surface area is 154 Å². The molecule has 3 aromatic heterocycles. The van der Waals surface area contributed by atoms with Gasteiger partial charge in [0.15, 0.2) is 5.69 Å². The molecule has 12 heteroatoms. The second kappa shape index (κ2) is 8.23. The minimum Gasteiger partial charge on any atom is -0.463 e. The molecular formula is C15H19N9O3. The van der Waals surface area contributed by atoms with Crippen LogP contribution in [0.4, 0.5) is 5.82 Å². The zero-order valence-electron chi connectivity index (χ0n) is 14.9. The Morgan fingerprint density at radius 2 is 2.22 bits per heavy atom. The van der Waals surface area contributed by atoms with E-state index in [0.717, 1.165) is 13.1 Å². The highest BCUT2D eigenvalue weighted by molar-refractivity contribution is 5.94. The summed E-state index contributed by atoms with van der Waals surface area (Å²) in [6.07, 6.45) is 2.89. The average Bonchev–Trinajstić information content (AvgIpc) is 3.40. The smallest absolute Gasteiger partial charge is 0.293 e. The van der Waals surface area contributed by atoms with Gasteiger partial charge < -0.3 is 10.2 Å². The summed E-state index contributed by atoms with van der Waals surface area (Å²) in [5.41, 5.74) is 8.75. The van der Waals surface area contributed by atoms with Crippen LogP contribution in [0.3, 0.4) is 0 Å². The third-order valence-corrected chi connectivity index (χ3v) is 3.84. The van der Waals surface area contributed by atoms with Gasteiger partial charge in [-0.3, -0.25) is 9.69 Å². The molecule has 0 saturated heterocycles. The summed E-state index contributed by atoms with van der Waals surface area (Å²) in [5, 5.41) is 19.1. The van der Waals surface area contributed by atoms with Crippen LogP contribution in [0.2, 0.25) is 0 Å².